The molecule has 4 bridgehead atoms. The molecule has 1 aromatic rings. The number of pyridine rings is 1. The molecule has 3 fully saturated rings. The number of hydrogen-bond acceptors (Lipinski definition) is 2. The Morgan fingerprint density at radius 3 is 2.90 bits per heavy atom. The maximum atomic E-state index is 13.0. The van der Waals surface area contributed by atoms with Crippen LogP contribution in [0.5, 0.6) is 0 Å². The molecule has 4 aliphatic rings. The lowest BCUT2D eigenvalue weighted by molar-refractivity contribution is -0.905. The number of nitrogens with zero attached hydrogens (tertiary/aromatic N) is 2. The molecule has 3 aliphatic heterocycles. The Morgan fingerprint density at radius 1 is 1.23 bits per heavy atom. The van der Waals surface area contributed by atoms with Crippen LogP contribution in [-0.2, 0) is 11.3 Å². The van der Waals surface area contributed by atoms with Crippen LogP contribution in [0.3, 0.4) is 0 Å². The Balaban J connectivity index is 1.21. The van der Waals surface area contributed by atoms with Gasteiger partial charge in [0.25, 0.3) is 5.56 Å². The van der Waals surface area contributed by atoms with Gasteiger partial charge in [-0.3, -0.25) is 9.59 Å². The summed E-state index contributed by atoms with van der Waals surface area (Å²) in [6.45, 7) is 11.9. The molecule has 5 heteroatoms. The molecule has 0 spiro atoms. The molecule has 1 N–H and O–H groups in total. The average molecular weight is 411 g/mol. The molecule has 0 aromatic carbocycles. The molecular weight excluding hydrogens is 374 g/mol. The summed E-state index contributed by atoms with van der Waals surface area (Å²) in [5.41, 5.74) is 1.97. The maximum absolute atomic E-state index is 13.0. The van der Waals surface area contributed by atoms with E-state index in [1.54, 1.807) is 6.07 Å². The van der Waals surface area contributed by atoms with Gasteiger partial charge in [0.15, 0.2) is 0 Å². The van der Waals surface area contributed by atoms with Crippen molar-refractivity contribution in [1.82, 2.24) is 9.47 Å². The van der Waals surface area contributed by atoms with E-state index in [2.05, 4.69) is 37.8 Å². The summed E-state index contributed by atoms with van der Waals surface area (Å²) in [5, 5.41) is 0. The van der Waals surface area contributed by atoms with Gasteiger partial charge in [0.1, 0.15) is 0 Å². The SMILES string of the molecule is CC1(C)C[C@H]2C[C@](C)(CN2C(=O)/C=C/C[NH+]2C[C@@H]3C[C@H](C2)c2cccc(=O)n2C3)C1. The lowest BCUT2D eigenvalue weighted by Crippen LogP contribution is -3.14. The molecular formula is C25H36N3O2+. The number of quaternary nitrogens is 1. The van der Waals surface area contributed by atoms with E-state index in [-0.39, 0.29) is 16.9 Å². The number of fused-ring (bicyclic) bond motifs is 6. The van der Waals surface area contributed by atoms with E-state index in [0.29, 0.717) is 23.3 Å². The molecule has 162 valence electrons. The highest BCUT2D eigenvalue weighted by atomic mass is 16.2. The molecule has 1 aromatic heterocycles. The van der Waals surface area contributed by atoms with Crippen molar-refractivity contribution in [2.45, 2.75) is 65.0 Å². The van der Waals surface area contributed by atoms with Crippen molar-refractivity contribution < 1.29 is 9.69 Å². The fourth-order valence-corrected chi connectivity index (χ4v) is 7.43. The van der Waals surface area contributed by atoms with Crippen LogP contribution in [0, 0.1) is 16.7 Å². The Hall–Kier alpha value is -1.88. The van der Waals surface area contributed by atoms with Gasteiger partial charge in [-0.1, -0.05) is 26.8 Å². The summed E-state index contributed by atoms with van der Waals surface area (Å²) >= 11 is 0. The zero-order valence-corrected chi connectivity index (χ0v) is 18.7. The predicted octanol–water partition coefficient (Wildman–Crippen LogP) is 1.83. The van der Waals surface area contributed by atoms with E-state index in [1.807, 2.05) is 16.7 Å². The van der Waals surface area contributed by atoms with Gasteiger partial charge in [-0.15, -0.1) is 0 Å². The van der Waals surface area contributed by atoms with Crippen molar-refractivity contribution in [2.75, 3.05) is 26.2 Å². The van der Waals surface area contributed by atoms with Crippen molar-refractivity contribution in [3.63, 3.8) is 0 Å². The summed E-state index contributed by atoms with van der Waals surface area (Å²) in [6, 6.07) is 6.11. The van der Waals surface area contributed by atoms with E-state index >= 15 is 0 Å². The Bertz CT molecular complexity index is 933. The van der Waals surface area contributed by atoms with Crippen molar-refractivity contribution in [3.05, 3.63) is 46.4 Å². The molecule has 5 atom stereocenters. The Morgan fingerprint density at radius 2 is 2.07 bits per heavy atom. The number of carbonyl (C=O) groups is 1. The van der Waals surface area contributed by atoms with Gasteiger partial charge in [-0.2, -0.15) is 0 Å². The smallest absolute Gasteiger partial charge is 0.250 e. The summed E-state index contributed by atoms with van der Waals surface area (Å²) in [4.78, 5) is 28.9. The number of carbonyl (C=O) groups excluding carboxylic acids is 1. The molecule has 1 amide bonds. The molecule has 1 aliphatic carbocycles. The molecule has 1 unspecified atom stereocenters. The quantitative estimate of drug-likeness (QED) is 0.773. The van der Waals surface area contributed by atoms with E-state index in [0.717, 1.165) is 45.6 Å². The number of hydrogen-bond donors (Lipinski definition) is 1. The molecule has 4 heterocycles. The van der Waals surface area contributed by atoms with Crippen molar-refractivity contribution in [1.29, 1.82) is 0 Å². The summed E-state index contributed by atoms with van der Waals surface area (Å²) < 4.78 is 1.99. The van der Waals surface area contributed by atoms with Gasteiger partial charge in [0.05, 0.1) is 19.6 Å². The molecule has 1 saturated carbocycles. The van der Waals surface area contributed by atoms with E-state index in [1.165, 1.54) is 23.4 Å². The van der Waals surface area contributed by atoms with Crippen LogP contribution in [0.1, 0.15) is 58.1 Å². The van der Waals surface area contributed by atoms with E-state index < -0.39 is 0 Å². The second-order valence-corrected chi connectivity index (χ2v) is 11.6. The number of nitrogens with one attached hydrogen (secondary N) is 1. The highest BCUT2D eigenvalue weighted by molar-refractivity contribution is 5.88. The monoisotopic (exact) mass is 410 g/mol. The fraction of sp³-hybridized carbons (Fsp3) is 0.680. The van der Waals surface area contributed by atoms with Gasteiger partial charge in [-0.25, -0.2) is 0 Å². The van der Waals surface area contributed by atoms with Crippen molar-refractivity contribution >= 4 is 5.91 Å². The summed E-state index contributed by atoms with van der Waals surface area (Å²) in [7, 11) is 0. The van der Waals surface area contributed by atoms with Gasteiger partial charge in [-0.05, 0) is 48.7 Å². The average Bonchev–Trinajstić information content (AvgIpc) is 2.91. The number of piperidine rings is 1. The van der Waals surface area contributed by atoms with E-state index in [9.17, 15) is 9.59 Å². The minimum atomic E-state index is 0.142. The van der Waals surface area contributed by atoms with Gasteiger partial charge < -0.3 is 14.4 Å². The second kappa shape index (κ2) is 7.08. The van der Waals surface area contributed by atoms with Gasteiger partial charge in [0.2, 0.25) is 5.91 Å². The van der Waals surface area contributed by atoms with Crippen LogP contribution in [0.4, 0.5) is 0 Å². The number of aromatic nitrogens is 1. The normalized spacial score (nSPS) is 36.7. The maximum Gasteiger partial charge on any atom is 0.250 e. The van der Waals surface area contributed by atoms with Crippen molar-refractivity contribution in [2.24, 2.45) is 16.7 Å². The number of likely N-dealkylation sites (tertiary alicyclic amines) is 2. The summed E-state index contributed by atoms with van der Waals surface area (Å²) in [5.74, 6) is 1.23. The third-order valence-corrected chi connectivity index (χ3v) is 8.04. The van der Waals surface area contributed by atoms with Gasteiger partial charge >= 0.3 is 0 Å². The zero-order valence-electron chi connectivity index (χ0n) is 18.7. The largest absolute Gasteiger partial charge is 0.336 e. The minimum absolute atomic E-state index is 0.142. The molecule has 5 rings (SSSR count). The fourth-order valence-electron chi connectivity index (χ4n) is 7.43. The summed E-state index contributed by atoms with van der Waals surface area (Å²) in [6.07, 6.45) is 8.64. The Kier molecular flexibility index (Phi) is 4.73. The van der Waals surface area contributed by atoms with Crippen LogP contribution in [0.2, 0.25) is 0 Å². The first-order valence-corrected chi connectivity index (χ1v) is 11.7. The molecule has 2 saturated heterocycles. The first kappa shape index (κ1) is 20.0. The third-order valence-electron chi connectivity index (χ3n) is 8.04. The number of amides is 1. The van der Waals surface area contributed by atoms with Crippen LogP contribution in [-0.4, -0.2) is 47.6 Å². The second-order valence-electron chi connectivity index (χ2n) is 11.6. The van der Waals surface area contributed by atoms with Crippen LogP contribution < -0.4 is 10.5 Å². The van der Waals surface area contributed by atoms with Gasteiger partial charge in [0, 0.05) is 48.8 Å². The minimum Gasteiger partial charge on any atom is -0.336 e. The third kappa shape index (κ3) is 3.66. The van der Waals surface area contributed by atoms with Crippen LogP contribution >= 0.6 is 0 Å². The van der Waals surface area contributed by atoms with Crippen LogP contribution in [0.25, 0.3) is 0 Å². The number of rotatable bonds is 3. The van der Waals surface area contributed by atoms with E-state index in [4.69, 9.17) is 0 Å². The van der Waals surface area contributed by atoms with Crippen molar-refractivity contribution in [3.8, 4) is 0 Å². The standard InChI is InChI=1S/C25H35N3O2/c1-24(2)11-20-12-25(3,16-24)17-28(20)23(30)8-5-9-26-13-18-10-19(15-26)21-6-4-7-22(29)27(21)14-18/h4-8,18-20H,9-17H2,1-3H3/p+1/b8-5+/t18-,19+,20-,25-/m0/s1. The zero-order chi connectivity index (χ0) is 21.1. The first-order valence-electron chi connectivity index (χ1n) is 11.7. The molecule has 5 nitrogen and oxygen atoms in total. The lowest BCUT2D eigenvalue weighted by atomic mass is 9.65. The predicted molar refractivity (Wildman–Crippen MR) is 117 cm³/mol. The Labute approximate surface area is 179 Å². The van der Waals surface area contributed by atoms with Crippen LogP contribution in [0.15, 0.2) is 35.1 Å². The highest BCUT2D eigenvalue weighted by Gasteiger charge is 2.50. The highest BCUT2D eigenvalue weighted by Crippen LogP contribution is 2.52. The molecule has 0 radical (unpaired) electrons. The lowest BCUT2D eigenvalue weighted by Gasteiger charge is -2.40. The first-order chi connectivity index (χ1) is 14.2. The topological polar surface area (TPSA) is 46.8 Å². The molecule has 30 heavy (non-hydrogen) atoms.